The standard InChI is InChI=1S/C22H29NO4/c1-7-17-13-16(14-23-21(24)27-22(3,4)5)12-15(2)20(17)26-19-10-8-18(25-6)9-11-19/h8-13H,7,14H2,1-6H3,(H,23,24). The van der Waals surface area contributed by atoms with Crippen molar-refractivity contribution < 1.29 is 19.0 Å². The second-order valence-corrected chi connectivity index (χ2v) is 7.39. The Kier molecular flexibility index (Phi) is 6.72. The fraction of sp³-hybridized carbons (Fsp3) is 0.409. The van der Waals surface area contributed by atoms with Crippen LogP contribution in [0.5, 0.6) is 17.2 Å². The lowest BCUT2D eigenvalue weighted by Crippen LogP contribution is -2.32. The Morgan fingerprint density at radius 2 is 1.70 bits per heavy atom. The summed E-state index contributed by atoms with van der Waals surface area (Å²) in [4.78, 5) is 11.9. The number of aryl methyl sites for hydroxylation is 2. The van der Waals surface area contributed by atoms with Gasteiger partial charge in [0.2, 0.25) is 0 Å². The van der Waals surface area contributed by atoms with Gasteiger partial charge in [-0.05, 0) is 75.1 Å². The third-order valence-corrected chi connectivity index (χ3v) is 3.91. The fourth-order valence-corrected chi connectivity index (χ4v) is 2.69. The van der Waals surface area contributed by atoms with Gasteiger partial charge in [-0.15, -0.1) is 0 Å². The lowest BCUT2D eigenvalue weighted by Gasteiger charge is -2.20. The molecule has 0 aliphatic heterocycles. The number of ether oxygens (including phenoxy) is 3. The minimum atomic E-state index is -0.509. The summed E-state index contributed by atoms with van der Waals surface area (Å²) in [6.45, 7) is 10.0. The number of alkyl carbamates (subject to hydrolysis) is 1. The normalized spacial score (nSPS) is 11.0. The molecule has 0 aliphatic rings. The Bertz CT molecular complexity index is 776. The molecule has 0 aliphatic carbocycles. The Labute approximate surface area is 161 Å². The lowest BCUT2D eigenvalue weighted by atomic mass is 10.0. The van der Waals surface area contributed by atoms with E-state index < -0.39 is 11.7 Å². The molecule has 0 fully saturated rings. The van der Waals surface area contributed by atoms with E-state index in [-0.39, 0.29) is 0 Å². The largest absolute Gasteiger partial charge is 0.497 e. The van der Waals surface area contributed by atoms with Crippen LogP contribution >= 0.6 is 0 Å². The van der Waals surface area contributed by atoms with Crippen LogP contribution in [0.15, 0.2) is 36.4 Å². The van der Waals surface area contributed by atoms with Gasteiger partial charge in [0.25, 0.3) is 0 Å². The summed E-state index contributed by atoms with van der Waals surface area (Å²) < 4.78 is 16.6. The first kappa shape index (κ1) is 20.6. The minimum absolute atomic E-state index is 0.408. The van der Waals surface area contributed by atoms with Gasteiger partial charge < -0.3 is 19.5 Å². The van der Waals surface area contributed by atoms with E-state index in [9.17, 15) is 4.79 Å². The molecule has 146 valence electrons. The first-order chi connectivity index (χ1) is 12.7. The highest BCUT2D eigenvalue weighted by Gasteiger charge is 2.16. The molecule has 0 heterocycles. The molecule has 27 heavy (non-hydrogen) atoms. The third-order valence-electron chi connectivity index (χ3n) is 3.91. The Hall–Kier alpha value is -2.69. The third kappa shape index (κ3) is 6.20. The average molecular weight is 371 g/mol. The summed E-state index contributed by atoms with van der Waals surface area (Å²) in [6, 6.07) is 11.6. The number of nitrogens with one attached hydrogen (secondary N) is 1. The maximum absolute atomic E-state index is 11.9. The predicted octanol–water partition coefficient (Wildman–Crippen LogP) is 5.38. The molecular formula is C22H29NO4. The number of benzene rings is 2. The van der Waals surface area contributed by atoms with Gasteiger partial charge in [-0.25, -0.2) is 4.79 Å². The summed E-state index contributed by atoms with van der Waals surface area (Å²) in [5.74, 6) is 2.40. The van der Waals surface area contributed by atoms with Crippen molar-refractivity contribution in [3.63, 3.8) is 0 Å². The summed E-state index contributed by atoms with van der Waals surface area (Å²) in [5, 5.41) is 2.80. The van der Waals surface area contributed by atoms with Crippen LogP contribution in [0.4, 0.5) is 4.79 Å². The Balaban J connectivity index is 2.12. The monoisotopic (exact) mass is 371 g/mol. The lowest BCUT2D eigenvalue weighted by molar-refractivity contribution is 0.0523. The van der Waals surface area contributed by atoms with Crippen LogP contribution in [0.25, 0.3) is 0 Å². The molecule has 2 rings (SSSR count). The zero-order chi connectivity index (χ0) is 20.0. The van der Waals surface area contributed by atoms with Gasteiger partial charge >= 0.3 is 6.09 Å². The van der Waals surface area contributed by atoms with Crippen LogP contribution in [-0.2, 0) is 17.7 Å². The zero-order valence-corrected chi connectivity index (χ0v) is 17.0. The van der Waals surface area contributed by atoms with E-state index in [4.69, 9.17) is 14.2 Å². The van der Waals surface area contributed by atoms with Crippen molar-refractivity contribution >= 4 is 6.09 Å². The van der Waals surface area contributed by atoms with Gasteiger partial charge in [0.05, 0.1) is 7.11 Å². The van der Waals surface area contributed by atoms with Crippen LogP contribution in [0.2, 0.25) is 0 Å². The second kappa shape index (κ2) is 8.80. The van der Waals surface area contributed by atoms with Crippen LogP contribution in [0.1, 0.15) is 44.4 Å². The number of carbonyl (C=O) groups is 1. The van der Waals surface area contributed by atoms with Gasteiger partial charge in [0, 0.05) is 6.54 Å². The molecule has 5 heteroatoms. The van der Waals surface area contributed by atoms with Gasteiger partial charge in [-0.1, -0.05) is 19.1 Å². The zero-order valence-electron chi connectivity index (χ0n) is 17.0. The van der Waals surface area contributed by atoms with E-state index in [1.807, 2.05) is 58.0 Å². The number of rotatable bonds is 6. The number of hydrogen-bond acceptors (Lipinski definition) is 4. The molecule has 2 aromatic rings. The van der Waals surface area contributed by atoms with E-state index in [1.54, 1.807) is 7.11 Å². The highest BCUT2D eigenvalue weighted by atomic mass is 16.6. The van der Waals surface area contributed by atoms with Gasteiger partial charge in [0.15, 0.2) is 0 Å². The molecule has 5 nitrogen and oxygen atoms in total. The quantitative estimate of drug-likeness (QED) is 0.740. The van der Waals surface area contributed by atoms with Crippen LogP contribution in [0.3, 0.4) is 0 Å². The summed E-state index contributed by atoms with van der Waals surface area (Å²) in [5.41, 5.74) is 2.61. The highest BCUT2D eigenvalue weighted by Crippen LogP contribution is 2.31. The molecule has 0 radical (unpaired) electrons. The van der Waals surface area contributed by atoms with E-state index in [0.29, 0.717) is 6.54 Å². The summed E-state index contributed by atoms with van der Waals surface area (Å²) in [6.07, 6.45) is 0.406. The highest BCUT2D eigenvalue weighted by molar-refractivity contribution is 5.67. The van der Waals surface area contributed by atoms with Gasteiger partial charge in [-0.2, -0.15) is 0 Å². The molecule has 0 bridgehead atoms. The molecule has 0 atom stereocenters. The summed E-state index contributed by atoms with van der Waals surface area (Å²) in [7, 11) is 1.64. The number of amides is 1. The first-order valence-corrected chi connectivity index (χ1v) is 9.13. The van der Waals surface area contributed by atoms with Crippen molar-refractivity contribution in [2.75, 3.05) is 7.11 Å². The fourth-order valence-electron chi connectivity index (χ4n) is 2.69. The van der Waals surface area contributed by atoms with Gasteiger partial charge in [0.1, 0.15) is 22.8 Å². The van der Waals surface area contributed by atoms with E-state index in [1.165, 1.54) is 0 Å². The van der Waals surface area contributed by atoms with Crippen molar-refractivity contribution in [2.45, 2.75) is 53.2 Å². The van der Waals surface area contributed by atoms with Crippen molar-refractivity contribution in [3.8, 4) is 17.2 Å². The van der Waals surface area contributed by atoms with E-state index in [0.717, 1.165) is 40.4 Å². The topological polar surface area (TPSA) is 56.8 Å². The maximum Gasteiger partial charge on any atom is 0.407 e. The van der Waals surface area contributed by atoms with Gasteiger partial charge in [-0.3, -0.25) is 0 Å². The molecular weight excluding hydrogens is 342 g/mol. The Morgan fingerprint density at radius 3 is 2.26 bits per heavy atom. The molecule has 1 N–H and O–H groups in total. The molecule has 0 spiro atoms. The first-order valence-electron chi connectivity index (χ1n) is 9.13. The molecule has 0 unspecified atom stereocenters. The van der Waals surface area contributed by atoms with Crippen molar-refractivity contribution in [3.05, 3.63) is 53.1 Å². The van der Waals surface area contributed by atoms with Crippen LogP contribution < -0.4 is 14.8 Å². The minimum Gasteiger partial charge on any atom is -0.497 e. The van der Waals surface area contributed by atoms with E-state index in [2.05, 4.69) is 18.3 Å². The van der Waals surface area contributed by atoms with Crippen molar-refractivity contribution in [1.82, 2.24) is 5.32 Å². The molecule has 1 amide bonds. The summed E-state index contributed by atoms with van der Waals surface area (Å²) >= 11 is 0. The van der Waals surface area contributed by atoms with Crippen LogP contribution in [0, 0.1) is 6.92 Å². The number of methoxy groups -OCH3 is 1. The van der Waals surface area contributed by atoms with Crippen molar-refractivity contribution in [2.24, 2.45) is 0 Å². The maximum atomic E-state index is 11.9. The molecule has 0 saturated carbocycles. The smallest absolute Gasteiger partial charge is 0.407 e. The Morgan fingerprint density at radius 1 is 1.07 bits per heavy atom. The number of carbonyl (C=O) groups excluding carboxylic acids is 1. The van der Waals surface area contributed by atoms with Crippen LogP contribution in [-0.4, -0.2) is 18.8 Å². The molecule has 2 aromatic carbocycles. The molecule has 0 saturated heterocycles. The average Bonchev–Trinajstić information content (AvgIpc) is 2.61. The predicted molar refractivity (Wildman–Crippen MR) is 107 cm³/mol. The second-order valence-electron chi connectivity index (χ2n) is 7.39. The van der Waals surface area contributed by atoms with E-state index >= 15 is 0 Å². The SMILES string of the molecule is CCc1cc(CNC(=O)OC(C)(C)C)cc(C)c1Oc1ccc(OC)cc1. The van der Waals surface area contributed by atoms with Crippen molar-refractivity contribution in [1.29, 1.82) is 0 Å². The number of hydrogen-bond donors (Lipinski definition) is 1. The molecule has 0 aromatic heterocycles.